The normalized spacial score (nSPS) is 9.88. The largest absolute Gasteiger partial charge is 0.508 e. The zero-order chi connectivity index (χ0) is 12.3. The molecule has 0 unspecified atom stereocenters. The number of phenols is 1. The minimum absolute atomic E-state index is 0.178. The zero-order valence-corrected chi connectivity index (χ0v) is 8.92. The van der Waals surface area contributed by atoms with Crippen LogP contribution in [0.2, 0.25) is 0 Å². The molecule has 0 saturated carbocycles. The van der Waals surface area contributed by atoms with E-state index in [9.17, 15) is 9.90 Å². The average molecular weight is 229 g/mol. The molecule has 0 radical (unpaired) electrons. The molecule has 0 saturated heterocycles. The molecule has 4 nitrogen and oxygen atoms in total. The van der Waals surface area contributed by atoms with Crippen molar-refractivity contribution in [2.75, 3.05) is 5.32 Å². The van der Waals surface area contributed by atoms with E-state index < -0.39 is 5.97 Å². The Hall–Kier alpha value is -2.49. The SMILES string of the molecule is O=C(O)c1ccc(Nc2cccc(O)c2)cc1. The molecule has 4 heteroatoms. The van der Waals surface area contributed by atoms with Gasteiger partial charge in [0.15, 0.2) is 0 Å². The highest BCUT2D eigenvalue weighted by atomic mass is 16.4. The molecule has 3 N–H and O–H groups in total. The summed E-state index contributed by atoms with van der Waals surface area (Å²) in [7, 11) is 0. The number of hydrogen-bond acceptors (Lipinski definition) is 3. The fourth-order valence-electron chi connectivity index (χ4n) is 1.45. The summed E-state index contributed by atoms with van der Waals surface area (Å²) in [5.41, 5.74) is 1.75. The molecule has 17 heavy (non-hydrogen) atoms. The van der Waals surface area contributed by atoms with E-state index in [4.69, 9.17) is 5.11 Å². The molecule has 0 heterocycles. The topological polar surface area (TPSA) is 69.6 Å². The lowest BCUT2D eigenvalue weighted by Crippen LogP contribution is -1.96. The number of carboxylic acids is 1. The van der Waals surface area contributed by atoms with Gasteiger partial charge >= 0.3 is 5.97 Å². The number of hydrogen-bond donors (Lipinski definition) is 3. The molecular formula is C13H11NO3. The van der Waals surface area contributed by atoms with Gasteiger partial charge < -0.3 is 15.5 Å². The number of carbonyl (C=O) groups is 1. The van der Waals surface area contributed by atoms with Crippen molar-refractivity contribution >= 4 is 17.3 Å². The van der Waals surface area contributed by atoms with E-state index in [-0.39, 0.29) is 11.3 Å². The van der Waals surface area contributed by atoms with Gasteiger partial charge in [-0.1, -0.05) is 6.07 Å². The molecule has 0 aliphatic rings. The third-order valence-electron chi connectivity index (χ3n) is 2.27. The monoisotopic (exact) mass is 229 g/mol. The average Bonchev–Trinajstić information content (AvgIpc) is 2.29. The first-order valence-electron chi connectivity index (χ1n) is 5.04. The highest BCUT2D eigenvalue weighted by molar-refractivity contribution is 5.88. The van der Waals surface area contributed by atoms with Crippen LogP contribution in [0.4, 0.5) is 11.4 Å². The van der Waals surface area contributed by atoms with Gasteiger partial charge in [0.05, 0.1) is 5.56 Å². The highest BCUT2D eigenvalue weighted by Gasteiger charge is 2.01. The zero-order valence-electron chi connectivity index (χ0n) is 8.92. The second-order valence-corrected chi connectivity index (χ2v) is 3.56. The van der Waals surface area contributed by atoms with E-state index in [1.54, 1.807) is 30.3 Å². The molecule has 0 fully saturated rings. The number of rotatable bonds is 3. The first kappa shape index (κ1) is 11.0. The van der Waals surface area contributed by atoms with Crippen molar-refractivity contribution in [2.24, 2.45) is 0 Å². The predicted octanol–water partition coefficient (Wildman–Crippen LogP) is 2.83. The minimum Gasteiger partial charge on any atom is -0.508 e. The van der Waals surface area contributed by atoms with Crippen LogP contribution in [0.25, 0.3) is 0 Å². The molecule has 0 spiro atoms. The minimum atomic E-state index is -0.950. The van der Waals surface area contributed by atoms with Crippen LogP contribution in [-0.2, 0) is 0 Å². The van der Waals surface area contributed by atoms with Gasteiger partial charge in [-0.2, -0.15) is 0 Å². The highest BCUT2D eigenvalue weighted by Crippen LogP contribution is 2.20. The van der Waals surface area contributed by atoms with Crippen molar-refractivity contribution in [3.8, 4) is 5.75 Å². The summed E-state index contributed by atoms with van der Waals surface area (Å²) in [6.07, 6.45) is 0. The smallest absolute Gasteiger partial charge is 0.335 e. The van der Waals surface area contributed by atoms with Crippen LogP contribution in [0.15, 0.2) is 48.5 Å². The van der Waals surface area contributed by atoms with Crippen LogP contribution in [0, 0.1) is 0 Å². The molecular weight excluding hydrogens is 218 g/mol. The van der Waals surface area contributed by atoms with Crippen LogP contribution in [0.3, 0.4) is 0 Å². The fraction of sp³-hybridized carbons (Fsp3) is 0. The molecule has 2 rings (SSSR count). The summed E-state index contributed by atoms with van der Waals surface area (Å²) in [4.78, 5) is 10.7. The van der Waals surface area contributed by atoms with Crippen molar-refractivity contribution in [2.45, 2.75) is 0 Å². The molecule has 86 valence electrons. The molecule has 0 atom stereocenters. The van der Waals surface area contributed by atoms with Crippen LogP contribution >= 0.6 is 0 Å². The van der Waals surface area contributed by atoms with Crippen molar-refractivity contribution in [1.82, 2.24) is 0 Å². The number of aromatic hydroxyl groups is 1. The van der Waals surface area contributed by atoms with Gasteiger partial charge in [-0.05, 0) is 36.4 Å². The summed E-state index contributed by atoms with van der Waals surface area (Å²) in [6, 6.07) is 13.1. The Morgan fingerprint density at radius 2 is 1.71 bits per heavy atom. The number of anilines is 2. The standard InChI is InChI=1S/C13H11NO3/c15-12-3-1-2-11(8-12)14-10-6-4-9(5-7-10)13(16)17/h1-8,14-15H,(H,16,17). The summed E-state index contributed by atoms with van der Waals surface area (Å²) in [5.74, 6) is -0.772. The first-order valence-corrected chi connectivity index (χ1v) is 5.04. The Kier molecular flexibility index (Phi) is 2.96. The number of aromatic carboxylic acids is 1. The Morgan fingerprint density at radius 3 is 2.29 bits per heavy atom. The lowest BCUT2D eigenvalue weighted by molar-refractivity contribution is 0.0697. The molecule has 0 bridgehead atoms. The van der Waals surface area contributed by atoms with E-state index in [0.717, 1.165) is 11.4 Å². The van der Waals surface area contributed by atoms with Gasteiger partial charge in [0.2, 0.25) is 0 Å². The van der Waals surface area contributed by atoms with Gasteiger partial charge in [0.1, 0.15) is 5.75 Å². The van der Waals surface area contributed by atoms with E-state index >= 15 is 0 Å². The van der Waals surface area contributed by atoms with Gasteiger partial charge in [0, 0.05) is 17.4 Å². The third-order valence-corrected chi connectivity index (χ3v) is 2.27. The Morgan fingerprint density at radius 1 is 1.00 bits per heavy atom. The molecule has 0 aliphatic heterocycles. The second kappa shape index (κ2) is 4.57. The number of nitrogens with one attached hydrogen (secondary N) is 1. The molecule has 2 aromatic carbocycles. The van der Waals surface area contributed by atoms with E-state index in [2.05, 4.69) is 5.32 Å². The van der Waals surface area contributed by atoms with Crippen molar-refractivity contribution in [3.05, 3.63) is 54.1 Å². The van der Waals surface area contributed by atoms with Gasteiger partial charge in [0.25, 0.3) is 0 Å². The fourth-order valence-corrected chi connectivity index (χ4v) is 1.45. The first-order chi connectivity index (χ1) is 8.15. The lowest BCUT2D eigenvalue weighted by Gasteiger charge is -2.06. The van der Waals surface area contributed by atoms with E-state index in [1.165, 1.54) is 12.1 Å². The number of phenolic OH excluding ortho intramolecular Hbond substituents is 1. The Bertz CT molecular complexity index is 535. The molecule has 0 aliphatic carbocycles. The molecule has 0 amide bonds. The van der Waals surface area contributed by atoms with Crippen LogP contribution in [0.1, 0.15) is 10.4 Å². The van der Waals surface area contributed by atoms with Gasteiger partial charge in [-0.15, -0.1) is 0 Å². The Labute approximate surface area is 98.2 Å². The van der Waals surface area contributed by atoms with Crippen LogP contribution in [0.5, 0.6) is 5.75 Å². The third kappa shape index (κ3) is 2.75. The van der Waals surface area contributed by atoms with Crippen LogP contribution < -0.4 is 5.32 Å². The summed E-state index contributed by atoms with van der Waals surface area (Å²) < 4.78 is 0. The maximum absolute atomic E-state index is 10.7. The van der Waals surface area contributed by atoms with E-state index in [1.807, 2.05) is 6.07 Å². The van der Waals surface area contributed by atoms with Gasteiger partial charge in [-0.25, -0.2) is 4.79 Å². The Balaban J connectivity index is 2.16. The summed E-state index contributed by atoms with van der Waals surface area (Å²) >= 11 is 0. The second-order valence-electron chi connectivity index (χ2n) is 3.56. The maximum atomic E-state index is 10.7. The molecule has 2 aromatic rings. The molecule has 0 aromatic heterocycles. The van der Waals surface area contributed by atoms with Crippen molar-refractivity contribution in [1.29, 1.82) is 0 Å². The summed E-state index contributed by atoms with van der Waals surface area (Å²) in [5, 5.41) is 21.1. The predicted molar refractivity (Wildman–Crippen MR) is 64.8 cm³/mol. The van der Waals surface area contributed by atoms with E-state index in [0.29, 0.717) is 0 Å². The quantitative estimate of drug-likeness (QED) is 0.756. The van der Waals surface area contributed by atoms with Crippen molar-refractivity contribution in [3.63, 3.8) is 0 Å². The maximum Gasteiger partial charge on any atom is 0.335 e. The van der Waals surface area contributed by atoms with Gasteiger partial charge in [-0.3, -0.25) is 0 Å². The number of benzene rings is 2. The number of carboxylic acid groups (broad SMARTS) is 1. The van der Waals surface area contributed by atoms with Crippen LogP contribution in [-0.4, -0.2) is 16.2 Å². The summed E-state index contributed by atoms with van der Waals surface area (Å²) in [6.45, 7) is 0. The lowest BCUT2D eigenvalue weighted by atomic mass is 10.2. The van der Waals surface area contributed by atoms with Crippen molar-refractivity contribution < 1.29 is 15.0 Å².